The van der Waals surface area contributed by atoms with Gasteiger partial charge >= 0.3 is 13.9 Å². The Labute approximate surface area is 254 Å². The Morgan fingerprint density at radius 2 is 1.89 bits per heavy atom. The largest absolute Gasteiger partial charge is 0.583 e. The number of aromatic amines is 2. The zero-order valence-corrected chi connectivity index (χ0v) is 25.2. The maximum Gasteiger partial charge on any atom is 0.583 e. The number of imidazole rings is 2. The molecule has 19 nitrogen and oxygen atoms in total. The number of H-pyrrole nitrogens is 2. The Balaban J connectivity index is 1.13. The van der Waals surface area contributed by atoms with Crippen molar-refractivity contribution >= 4 is 66.3 Å². The van der Waals surface area contributed by atoms with Crippen LogP contribution in [-0.2, 0) is 39.4 Å². The molecule has 4 aromatic heterocycles. The molecule has 3 fully saturated rings. The highest BCUT2D eigenvalue weighted by molar-refractivity contribution is 8.39. The van der Waals surface area contributed by atoms with E-state index in [0.717, 1.165) is 12.7 Å². The van der Waals surface area contributed by atoms with Crippen LogP contribution < -0.4 is 16.9 Å². The number of thiol groups is 1. The van der Waals surface area contributed by atoms with E-state index in [4.69, 9.17) is 40.6 Å². The first-order valence-corrected chi connectivity index (χ1v) is 17.6. The Bertz CT molecular complexity index is 1970. The van der Waals surface area contributed by atoms with E-state index in [2.05, 4.69) is 42.2 Å². The van der Waals surface area contributed by atoms with Crippen LogP contribution in [0.1, 0.15) is 18.9 Å². The van der Waals surface area contributed by atoms with Gasteiger partial charge in [0.05, 0.1) is 31.7 Å². The van der Waals surface area contributed by atoms with Gasteiger partial charge in [0, 0.05) is 6.42 Å². The minimum atomic E-state index is -4.28. The van der Waals surface area contributed by atoms with Gasteiger partial charge in [0.2, 0.25) is 11.5 Å². The Morgan fingerprint density at radius 3 is 2.59 bits per heavy atom. The number of rotatable bonds is 9. The van der Waals surface area contributed by atoms with Crippen LogP contribution in [0.15, 0.2) is 28.6 Å². The van der Waals surface area contributed by atoms with Crippen LogP contribution in [0.2, 0.25) is 0 Å². The van der Waals surface area contributed by atoms with Crippen molar-refractivity contribution in [1.82, 2.24) is 39.0 Å². The maximum atomic E-state index is 16.1. The summed E-state index contributed by atoms with van der Waals surface area (Å²) >= 11 is 9.02. The summed E-state index contributed by atoms with van der Waals surface area (Å²) in [7, 11) is -2.70. The summed E-state index contributed by atoms with van der Waals surface area (Å²) in [5.74, 6) is -0.188. The lowest BCUT2D eigenvalue weighted by Crippen LogP contribution is -2.35. The highest BCUT2D eigenvalue weighted by atomic mass is 32.7. The van der Waals surface area contributed by atoms with Crippen molar-refractivity contribution in [3.8, 4) is 0 Å². The fourth-order valence-corrected chi connectivity index (χ4v) is 8.34. The molecule has 0 amide bonds. The Hall–Kier alpha value is -2.75. The second-order valence-electron chi connectivity index (χ2n) is 10.1. The summed E-state index contributed by atoms with van der Waals surface area (Å²) in [5, 5.41) is 9.75. The number of anilines is 1. The van der Waals surface area contributed by atoms with Gasteiger partial charge in [-0.15, -0.1) is 4.52 Å². The third-order valence-corrected chi connectivity index (χ3v) is 9.75. The molecule has 6 N–H and O–H groups in total. The summed E-state index contributed by atoms with van der Waals surface area (Å²) in [5.41, 5.74) is 2.47. The quantitative estimate of drug-likeness (QED) is 0.0972. The third-order valence-electron chi connectivity index (χ3n) is 7.49. The number of halogens is 1. The average Bonchev–Trinajstić information content (AvgIpc) is 3.50. The zero-order valence-electron chi connectivity index (χ0n) is 21.7. The van der Waals surface area contributed by atoms with Gasteiger partial charge < -0.3 is 34.7 Å². The molecule has 6 heterocycles. The predicted octanol–water partition coefficient (Wildman–Crippen LogP) is -0.306. The third kappa shape index (κ3) is 4.72. The molecule has 0 radical (unpaired) electrons. The number of aliphatic hydroxyl groups is 1. The van der Waals surface area contributed by atoms with Crippen LogP contribution in [0.25, 0.3) is 22.3 Å². The van der Waals surface area contributed by atoms with Crippen LogP contribution >= 0.6 is 26.2 Å². The lowest BCUT2D eigenvalue weighted by atomic mass is 10.2. The van der Waals surface area contributed by atoms with Crippen molar-refractivity contribution in [2.24, 2.45) is 0 Å². The summed E-state index contributed by atoms with van der Waals surface area (Å²) in [6, 6.07) is 0. The van der Waals surface area contributed by atoms with E-state index in [-0.39, 0.29) is 34.7 Å². The molecule has 44 heavy (non-hydrogen) atoms. The first kappa shape index (κ1) is 29.9. The lowest BCUT2D eigenvalue weighted by Gasteiger charge is -2.26. The van der Waals surface area contributed by atoms with Crippen LogP contribution in [0, 0.1) is 0 Å². The van der Waals surface area contributed by atoms with Gasteiger partial charge in [-0.1, -0.05) is 0 Å². The molecule has 1 aliphatic carbocycles. The molecule has 2 saturated heterocycles. The van der Waals surface area contributed by atoms with Gasteiger partial charge in [0.15, 0.2) is 41.0 Å². The molecule has 4 aromatic rings. The van der Waals surface area contributed by atoms with Crippen molar-refractivity contribution in [2.45, 2.75) is 55.1 Å². The van der Waals surface area contributed by atoms with E-state index in [1.807, 2.05) is 0 Å². The number of nitrogens with zero attached hydrogens (tertiary/aromatic N) is 6. The fraction of sp³-hybridized carbons (Fsp3) is 0.500. The van der Waals surface area contributed by atoms with Crippen molar-refractivity contribution in [1.29, 1.82) is 0 Å². The topological polar surface area (TPSA) is 257 Å². The van der Waals surface area contributed by atoms with Crippen LogP contribution in [0.5, 0.6) is 0 Å². The SMILES string of the molecule is Nc1nc2c(ncn2[C@@H]2O[C@H](CO)C[C@H]2OP(O)(=S)OC2[C@H]3O[C@@H](n4cnc5c(=O)[nH]cnc54)[C@@H](F)[C@@]23O[P+](=O)S)c(=O)[nH]1. The molecular weight excluding hydrogens is 671 g/mol. The zero-order chi connectivity index (χ0) is 31.1. The van der Waals surface area contributed by atoms with E-state index < -0.39 is 80.3 Å². The molecular formula is C20H21FN9O10P2S2+. The van der Waals surface area contributed by atoms with E-state index in [1.165, 1.54) is 15.5 Å². The molecule has 2 aliphatic heterocycles. The first-order chi connectivity index (χ1) is 20.9. The van der Waals surface area contributed by atoms with Crippen molar-refractivity contribution < 1.29 is 42.0 Å². The number of alkyl halides is 1. The monoisotopic (exact) mass is 692 g/mol. The van der Waals surface area contributed by atoms with Crippen molar-refractivity contribution in [2.75, 3.05) is 12.3 Å². The predicted molar refractivity (Wildman–Crippen MR) is 152 cm³/mol. The standard InChI is InChI=1S/C20H20FN9O10P2S2/c21-10-18(29-4-25-8-13(29)23-3-24-15(8)32)37-11-12(20(10,11)40-41(34)43)39-42(35,44)38-7-1-6(2-31)36-17(7)30-5-26-9-14(30)27-19(22)28-16(9)33/h3-7,10-12,17-18,31H,1-2H2,(H5-,22,23,24,27,28,32,33,34,35,43,44)/p+1/t6-,7+,10+,11+,12?,17+,18+,20-,42?/m0/s1. The molecule has 0 spiro atoms. The molecule has 0 bridgehead atoms. The number of nitrogens with two attached hydrogens (primary N) is 1. The number of fused-ring (bicyclic) bond motifs is 3. The molecule has 3 aliphatic rings. The highest BCUT2D eigenvalue weighted by Gasteiger charge is 2.85. The molecule has 10 atom stereocenters. The van der Waals surface area contributed by atoms with Gasteiger partial charge in [0.1, 0.15) is 30.6 Å². The van der Waals surface area contributed by atoms with Crippen molar-refractivity contribution in [3.63, 3.8) is 0 Å². The van der Waals surface area contributed by atoms with E-state index >= 15 is 4.39 Å². The summed E-state index contributed by atoms with van der Waals surface area (Å²) in [6.07, 6.45) is -5.52. The average molecular weight is 693 g/mol. The first-order valence-electron chi connectivity index (χ1n) is 12.7. The number of ether oxygens (including phenoxy) is 2. The van der Waals surface area contributed by atoms with Crippen LogP contribution in [0.3, 0.4) is 0 Å². The number of aliphatic hydroxyl groups excluding tert-OH is 1. The van der Waals surface area contributed by atoms with Gasteiger partial charge in [0.25, 0.3) is 11.1 Å². The van der Waals surface area contributed by atoms with Crippen LogP contribution in [-0.4, -0.2) is 91.8 Å². The molecule has 234 valence electrons. The second-order valence-corrected chi connectivity index (χ2v) is 14.4. The number of hydrogen-bond acceptors (Lipinski definition) is 15. The van der Waals surface area contributed by atoms with Crippen molar-refractivity contribution in [3.05, 3.63) is 39.7 Å². The maximum absolute atomic E-state index is 16.1. The summed E-state index contributed by atoms with van der Waals surface area (Å²) in [4.78, 5) is 56.2. The Morgan fingerprint density at radius 1 is 1.18 bits per heavy atom. The van der Waals surface area contributed by atoms with Crippen LogP contribution in [0.4, 0.5) is 10.3 Å². The van der Waals surface area contributed by atoms with Gasteiger partial charge in [-0.3, -0.25) is 28.2 Å². The molecule has 24 heteroatoms. The Kier molecular flexibility index (Phi) is 7.26. The second kappa shape index (κ2) is 10.7. The molecule has 0 aromatic carbocycles. The minimum absolute atomic E-state index is 0.0181. The molecule has 3 unspecified atom stereocenters. The van der Waals surface area contributed by atoms with E-state index in [0.29, 0.717) is 0 Å². The lowest BCUT2D eigenvalue weighted by molar-refractivity contribution is -0.0609. The fourth-order valence-electron chi connectivity index (χ4n) is 5.58. The smallest absolute Gasteiger partial charge is 0.394 e. The normalized spacial score (nSPS) is 33.1. The summed E-state index contributed by atoms with van der Waals surface area (Å²) in [6.45, 7) is -4.70. The number of nitrogen functional groups attached to an aromatic ring is 1. The van der Waals surface area contributed by atoms with Gasteiger partial charge in [-0.05, 0) is 16.4 Å². The van der Waals surface area contributed by atoms with E-state index in [1.54, 1.807) is 0 Å². The number of nitrogens with one attached hydrogen (secondary N) is 2. The molecule has 7 rings (SSSR count). The highest BCUT2D eigenvalue weighted by Crippen LogP contribution is 2.67. The number of hydrogen-bond donors (Lipinski definition) is 6. The minimum Gasteiger partial charge on any atom is -0.394 e. The summed E-state index contributed by atoms with van der Waals surface area (Å²) < 4.78 is 59.2. The van der Waals surface area contributed by atoms with Gasteiger partial charge in [-0.2, -0.15) is 4.98 Å². The molecule has 1 saturated carbocycles. The number of aromatic nitrogens is 8. The van der Waals surface area contributed by atoms with Gasteiger partial charge in [-0.25, -0.2) is 19.3 Å². The van der Waals surface area contributed by atoms with E-state index in [9.17, 15) is 24.2 Å².